The summed E-state index contributed by atoms with van der Waals surface area (Å²) in [7, 11) is -3.27. The van der Waals surface area contributed by atoms with Gasteiger partial charge < -0.3 is 4.90 Å². The molecule has 1 aliphatic heterocycles. The summed E-state index contributed by atoms with van der Waals surface area (Å²) in [5, 5.41) is 4.57. The summed E-state index contributed by atoms with van der Waals surface area (Å²) in [6.07, 6.45) is 3.45. The van der Waals surface area contributed by atoms with Crippen LogP contribution < -0.4 is 0 Å². The predicted octanol–water partition coefficient (Wildman–Crippen LogP) is 1.78. The molecule has 4 rings (SSSR count). The summed E-state index contributed by atoms with van der Waals surface area (Å²) in [5.41, 5.74) is 0.481. The molecule has 0 bridgehead atoms. The van der Waals surface area contributed by atoms with Gasteiger partial charge in [-0.3, -0.25) is 4.79 Å². The lowest BCUT2D eigenvalue weighted by Crippen LogP contribution is -2.41. The number of sulfone groups is 1. The number of hydrogen-bond donors (Lipinski definition) is 0. The van der Waals surface area contributed by atoms with E-state index in [9.17, 15) is 13.2 Å². The van der Waals surface area contributed by atoms with Gasteiger partial charge in [0, 0.05) is 24.3 Å². The number of carbonyl (C=O) groups is 1. The van der Waals surface area contributed by atoms with Gasteiger partial charge >= 0.3 is 0 Å². The number of amides is 1. The van der Waals surface area contributed by atoms with Crippen LogP contribution in [0.4, 0.5) is 0 Å². The highest BCUT2D eigenvalue weighted by atomic mass is 32.2. The first-order valence-corrected chi connectivity index (χ1v) is 10.3. The number of rotatable bonds is 3. The topological polar surface area (TPSA) is 85.2 Å². The number of carbonyl (C=O) groups excluding carboxylic acids is 1. The molecule has 1 amide bonds. The van der Waals surface area contributed by atoms with Crippen molar-refractivity contribution in [2.24, 2.45) is 0 Å². The molecular formula is C17H20N4O3S. The van der Waals surface area contributed by atoms with E-state index in [0.717, 1.165) is 30.7 Å². The standard InChI is InChI=1S/C17H20N4O3S/c1-11-16-18-15(12-3-4-12)19-21(16)10-9-20(11)17(22)13-5-7-14(8-6-13)25(2,23)24/h5-8,11-12H,3-4,9-10H2,1-2H3/t11-/m1/s1. The van der Waals surface area contributed by atoms with Gasteiger partial charge in [-0.15, -0.1) is 0 Å². The second-order valence-electron chi connectivity index (χ2n) is 6.80. The predicted molar refractivity (Wildman–Crippen MR) is 91.0 cm³/mol. The second-order valence-corrected chi connectivity index (χ2v) is 8.81. The number of hydrogen-bond acceptors (Lipinski definition) is 5. The summed E-state index contributed by atoms with van der Waals surface area (Å²) in [6.45, 7) is 3.15. The van der Waals surface area contributed by atoms with Gasteiger partial charge in [-0.25, -0.2) is 18.1 Å². The van der Waals surface area contributed by atoms with Crippen molar-refractivity contribution in [3.8, 4) is 0 Å². The molecule has 132 valence electrons. The van der Waals surface area contributed by atoms with Crippen molar-refractivity contribution in [3.63, 3.8) is 0 Å². The average Bonchev–Trinajstić information content (AvgIpc) is 3.33. The third kappa shape index (κ3) is 2.95. The zero-order valence-corrected chi connectivity index (χ0v) is 15.0. The average molecular weight is 360 g/mol. The van der Waals surface area contributed by atoms with Crippen molar-refractivity contribution in [3.05, 3.63) is 41.5 Å². The zero-order valence-electron chi connectivity index (χ0n) is 14.2. The van der Waals surface area contributed by atoms with E-state index in [2.05, 4.69) is 10.1 Å². The molecule has 1 aliphatic carbocycles. The van der Waals surface area contributed by atoms with Crippen LogP contribution in [-0.2, 0) is 16.4 Å². The van der Waals surface area contributed by atoms with Crippen molar-refractivity contribution in [1.29, 1.82) is 0 Å². The van der Waals surface area contributed by atoms with Crippen molar-refractivity contribution in [1.82, 2.24) is 19.7 Å². The molecule has 8 heteroatoms. The lowest BCUT2D eigenvalue weighted by molar-refractivity contribution is 0.0630. The minimum Gasteiger partial charge on any atom is -0.327 e. The maximum atomic E-state index is 12.9. The Morgan fingerprint density at radius 1 is 1.16 bits per heavy atom. The first-order valence-electron chi connectivity index (χ1n) is 8.40. The highest BCUT2D eigenvalue weighted by molar-refractivity contribution is 7.90. The molecule has 0 spiro atoms. The smallest absolute Gasteiger partial charge is 0.254 e. The van der Waals surface area contributed by atoms with Gasteiger partial charge in [-0.1, -0.05) is 0 Å². The van der Waals surface area contributed by atoms with E-state index in [4.69, 9.17) is 0 Å². The van der Waals surface area contributed by atoms with E-state index in [1.54, 1.807) is 17.0 Å². The minimum absolute atomic E-state index is 0.116. The Hall–Kier alpha value is -2.22. The van der Waals surface area contributed by atoms with Crippen LogP contribution in [0.1, 0.15) is 53.7 Å². The molecule has 2 aliphatic rings. The fourth-order valence-corrected chi connectivity index (χ4v) is 3.81. The highest BCUT2D eigenvalue weighted by Gasteiger charge is 2.34. The fraction of sp³-hybridized carbons (Fsp3) is 0.471. The first kappa shape index (κ1) is 16.3. The Labute approximate surface area is 146 Å². The fourth-order valence-electron chi connectivity index (χ4n) is 3.18. The van der Waals surface area contributed by atoms with Crippen molar-refractivity contribution in [2.45, 2.75) is 43.2 Å². The van der Waals surface area contributed by atoms with E-state index in [1.807, 2.05) is 11.6 Å². The Morgan fingerprint density at radius 3 is 2.44 bits per heavy atom. The van der Waals surface area contributed by atoms with Crippen LogP contribution in [0, 0.1) is 0 Å². The summed E-state index contributed by atoms with van der Waals surface area (Å²) < 4.78 is 25.0. The lowest BCUT2D eigenvalue weighted by Gasteiger charge is -2.33. The Kier molecular flexibility index (Phi) is 3.68. The Bertz CT molecular complexity index is 929. The number of fused-ring (bicyclic) bond motifs is 1. The highest BCUT2D eigenvalue weighted by Crippen LogP contribution is 2.39. The molecule has 2 heterocycles. The SMILES string of the molecule is C[C@@H]1c2nc(C3CC3)nn2CCN1C(=O)c1ccc(S(C)(=O)=O)cc1. The monoisotopic (exact) mass is 360 g/mol. The Morgan fingerprint density at radius 2 is 1.84 bits per heavy atom. The van der Waals surface area contributed by atoms with E-state index in [1.165, 1.54) is 12.1 Å². The van der Waals surface area contributed by atoms with E-state index in [0.29, 0.717) is 24.6 Å². The maximum Gasteiger partial charge on any atom is 0.254 e. The summed E-state index contributed by atoms with van der Waals surface area (Å²) >= 11 is 0. The maximum absolute atomic E-state index is 12.9. The van der Waals surface area contributed by atoms with Crippen molar-refractivity contribution < 1.29 is 13.2 Å². The molecule has 0 unspecified atom stereocenters. The molecule has 25 heavy (non-hydrogen) atoms. The van der Waals surface area contributed by atoms with Crippen LogP contribution in [0.15, 0.2) is 29.2 Å². The molecular weight excluding hydrogens is 340 g/mol. The quantitative estimate of drug-likeness (QED) is 0.833. The van der Waals surface area contributed by atoms with Gasteiger partial charge in [-0.2, -0.15) is 5.10 Å². The minimum atomic E-state index is -3.27. The molecule has 1 aromatic heterocycles. The van der Waals surface area contributed by atoms with Crippen LogP contribution in [-0.4, -0.2) is 46.8 Å². The van der Waals surface area contributed by atoms with Gasteiger partial charge in [0.2, 0.25) is 0 Å². The van der Waals surface area contributed by atoms with Crippen LogP contribution in [0.2, 0.25) is 0 Å². The third-order valence-corrected chi connectivity index (χ3v) is 5.97. The molecule has 0 radical (unpaired) electrons. The third-order valence-electron chi connectivity index (χ3n) is 4.84. The summed E-state index contributed by atoms with van der Waals surface area (Å²) in [5.74, 6) is 2.09. The molecule has 2 aromatic rings. The second kappa shape index (κ2) is 5.66. The van der Waals surface area contributed by atoms with Crippen LogP contribution in [0.25, 0.3) is 0 Å². The van der Waals surface area contributed by atoms with Gasteiger partial charge in [0.25, 0.3) is 5.91 Å². The van der Waals surface area contributed by atoms with Crippen LogP contribution in [0.3, 0.4) is 0 Å². The summed E-state index contributed by atoms with van der Waals surface area (Å²) in [4.78, 5) is 19.5. The molecule has 1 atom stereocenters. The molecule has 7 nitrogen and oxygen atoms in total. The van der Waals surface area contributed by atoms with E-state index >= 15 is 0 Å². The Balaban J connectivity index is 1.58. The zero-order chi connectivity index (χ0) is 17.8. The first-order chi connectivity index (χ1) is 11.8. The van der Waals surface area contributed by atoms with Gasteiger partial charge in [0.15, 0.2) is 15.7 Å². The summed E-state index contributed by atoms with van der Waals surface area (Å²) in [6, 6.07) is 5.94. The number of nitrogens with zero attached hydrogens (tertiary/aromatic N) is 4. The molecule has 0 saturated heterocycles. The van der Waals surface area contributed by atoms with Crippen molar-refractivity contribution in [2.75, 3.05) is 12.8 Å². The van der Waals surface area contributed by atoms with Gasteiger partial charge in [-0.05, 0) is 44.0 Å². The van der Waals surface area contributed by atoms with Crippen LogP contribution in [0.5, 0.6) is 0 Å². The molecule has 1 aromatic carbocycles. The number of aromatic nitrogens is 3. The molecule has 1 fully saturated rings. The normalized spacial score (nSPS) is 20.4. The molecule has 1 saturated carbocycles. The van der Waals surface area contributed by atoms with Crippen molar-refractivity contribution >= 4 is 15.7 Å². The van der Waals surface area contributed by atoms with Gasteiger partial charge in [0.05, 0.1) is 17.5 Å². The molecule has 0 N–H and O–H groups in total. The lowest BCUT2D eigenvalue weighted by atomic mass is 10.1. The van der Waals surface area contributed by atoms with E-state index in [-0.39, 0.29) is 16.8 Å². The van der Waals surface area contributed by atoms with Crippen LogP contribution >= 0.6 is 0 Å². The van der Waals surface area contributed by atoms with Gasteiger partial charge in [0.1, 0.15) is 5.82 Å². The van der Waals surface area contributed by atoms with E-state index < -0.39 is 9.84 Å². The number of benzene rings is 1. The largest absolute Gasteiger partial charge is 0.327 e.